The van der Waals surface area contributed by atoms with Crippen molar-refractivity contribution >= 4 is 11.9 Å². The van der Waals surface area contributed by atoms with Gasteiger partial charge in [-0.15, -0.1) is 0 Å². The molecule has 1 rings (SSSR count). The van der Waals surface area contributed by atoms with Crippen LogP contribution in [0.3, 0.4) is 0 Å². The van der Waals surface area contributed by atoms with Crippen LogP contribution in [0.25, 0.3) is 0 Å². The molecule has 0 heterocycles. The van der Waals surface area contributed by atoms with Crippen molar-refractivity contribution in [1.29, 1.82) is 0 Å². The van der Waals surface area contributed by atoms with Gasteiger partial charge in [-0.1, -0.05) is 12.8 Å². The fourth-order valence-electron chi connectivity index (χ4n) is 2.19. The summed E-state index contributed by atoms with van der Waals surface area (Å²) in [7, 11) is 0. The third-order valence-electron chi connectivity index (χ3n) is 2.94. The maximum Gasteiger partial charge on any atom is 0.309 e. The van der Waals surface area contributed by atoms with Gasteiger partial charge in [0.15, 0.2) is 0 Å². The van der Waals surface area contributed by atoms with E-state index in [1.54, 1.807) is 13.8 Å². The van der Waals surface area contributed by atoms with Gasteiger partial charge in [-0.2, -0.15) is 0 Å². The molecule has 1 fully saturated rings. The van der Waals surface area contributed by atoms with Crippen molar-refractivity contribution in [2.45, 2.75) is 39.5 Å². The van der Waals surface area contributed by atoms with Gasteiger partial charge in [0.1, 0.15) is 0 Å². The highest BCUT2D eigenvalue weighted by atomic mass is 16.5. The van der Waals surface area contributed by atoms with Crippen molar-refractivity contribution < 1.29 is 19.1 Å². The molecule has 0 amide bonds. The molecule has 0 radical (unpaired) electrons. The lowest BCUT2D eigenvalue weighted by molar-refractivity contribution is -0.162. The minimum Gasteiger partial charge on any atom is -0.466 e. The van der Waals surface area contributed by atoms with Crippen LogP contribution in [0, 0.1) is 11.8 Å². The Kier molecular flexibility index (Phi) is 5.29. The fraction of sp³-hybridized carbons (Fsp3) is 0.833. The molecule has 0 N–H and O–H groups in total. The van der Waals surface area contributed by atoms with Crippen molar-refractivity contribution in [1.82, 2.24) is 0 Å². The van der Waals surface area contributed by atoms with Crippen molar-refractivity contribution in [3.05, 3.63) is 0 Å². The highest BCUT2D eigenvalue weighted by Crippen LogP contribution is 2.31. The highest BCUT2D eigenvalue weighted by molar-refractivity contribution is 5.82. The van der Waals surface area contributed by atoms with Crippen LogP contribution in [-0.2, 0) is 19.1 Å². The van der Waals surface area contributed by atoms with E-state index in [0.717, 1.165) is 25.7 Å². The van der Waals surface area contributed by atoms with Gasteiger partial charge in [-0.25, -0.2) is 0 Å². The highest BCUT2D eigenvalue weighted by Gasteiger charge is 2.37. The first-order valence-electron chi connectivity index (χ1n) is 6.04. The maximum atomic E-state index is 11.7. The lowest BCUT2D eigenvalue weighted by atomic mass is 9.79. The minimum absolute atomic E-state index is 0.250. The van der Waals surface area contributed by atoms with Crippen LogP contribution in [0.1, 0.15) is 39.5 Å². The molecule has 0 aliphatic heterocycles. The monoisotopic (exact) mass is 228 g/mol. The average molecular weight is 228 g/mol. The predicted molar refractivity (Wildman–Crippen MR) is 58.7 cm³/mol. The summed E-state index contributed by atoms with van der Waals surface area (Å²) >= 11 is 0. The van der Waals surface area contributed by atoms with Crippen LogP contribution < -0.4 is 0 Å². The molecule has 4 nitrogen and oxygen atoms in total. The summed E-state index contributed by atoms with van der Waals surface area (Å²) in [6.07, 6.45) is 3.45. The molecule has 1 aliphatic rings. The standard InChI is InChI=1S/C12H20O4/c1-3-15-11(13)9-7-5-6-8-10(9)12(14)16-4-2/h9-10H,3-8H2,1-2H3/t9-,10-/m1/s1. The third kappa shape index (κ3) is 3.22. The van der Waals surface area contributed by atoms with Gasteiger partial charge in [0.25, 0.3) is 0 Å². The molecule has 0 aromatic rings. The van der Waals surface area contributed by atoms with Gasteiger partial charge in [-0.3, -0.25) is 9.59 Å². The van der Waals surface area contributed by atoms with E-state index in [4.69, 9.17) is 9.47 Å². The second-order valence-electron chi connectivity index (χ2n) is 4.00. The van der Waals surface area contributed by atoms with Gasteiger partial charge in [0, 0.05) is 0 Å². The second-order valence-corrected chi connectivity index (χ2v) is 4.00. The third-order valence-corrected chi connectivity index (χ3v) is 2.94. The summed E-state index contributed by atoms with van der Waals surface area (Å²) < 4.78 is 9.99. The summed E-state index contributed by atoms with van der Waals surface area (Å²) in [5.74, 6) is -1.10. The number of ether oxygens (including phenoxy) is 2. The Morgan fingerprint density at radius 2 is 1.31 bits per heavy atom. The van der Waals surface area contributed by atoms with Crippen molar-refractivity contribution in [3.63, 3.8) is 0 Å². The Balaban J connectivity index is 2.63. The van der Waals surface area contributed by atoms with Gasteiger partial charge in [0.05, 0.1) is 25.0 Å². The maximum absolute atomic E-state index is 11.7. The zero-order chi connectivity index (χ0) is 12.0. The number of rotatable bonds is 4. The van der Waals surface area contributed by atoms with Crippen LogP contribution in [0.4, 0.5) is 0 Å². The first-order chi connectivity index (χ1) is 7.70. The second kappa shape index (κ2) is 6.51. The summed E-state index contributed by atoms with van der Waals surface area (Å²) in [6.45, 7) is 4.29. The van der Waals surface area contributed by atoms with Gasteiger partial charge in [0.2, 0.25) is 0 Å². The quantitative estimate of drug-likeness (QED) is 0.690. The van der Waals surface area contributed by atoms with E-state index in [-0.39, 0.29) is 23.8 Å². The molecule has 0 aromatic carbocycles. The molecule has 4 heteroatoms. The Bertz CT molecular complexity index is 223. The molecule has 1 saturated carbocycles. The molecule has 0 saturated heterocycles. The van der Waals surface area contributed by atoms with Crippen LogP contribution in [0.15, 0.2) is 0 Å². The average Bonchev–Trinajstić information content (AvgIpc) is 2.30. The lowest BCUT2D eigenvalue weighted by Crippen LogP contribution is -2.35. The van der Waals surface area contributed by atoms with E-state index in [9.17, 15) is 9.59 Å². The Hall–Kier alpha value is -1.06. The summed E-state index contributed by atoms with van der Waals surface area (Å²) in [5, 5.41) is 0. The smallest absolute Gasteiger partial charge is 0.309 e. The van der Waals surface area contributed by atoms with E-state index in [1.807, 2.05) is 0 Å². The first kappa shape index (κ1) is 13.0. The van der Waals surface area contributed by atoms with Crippen LogP contribution in [-0.4, -0.2) is 25.2 Å². The van der Waals surface area contributed by atoms with E-state index in [0.29, 0.717) is 13.2 Å². The Labute approximate surface area is 96.3 Å². The zero-order valence-corrected chi connectivity index (χ0v) is 10.0. The number of carbonyl (C=O) groups is 2. The van der Waals surface area contributed by atoms with Crippen molar-refractivity contribution in [2.24, 2.45) is 11.8 Å². The molecule has 0 unspecified atom stereocenters. The molecular formula is C12H20O4. The first-order valence-corrected chi connectivity index (χ1v) is 6.04. The number of esters is 2. The van der Waals surface area contributed by atoms with E-state index < -0.39 is 0 Å². The predicted octanol–water partition coefficient (Wildman–Crippen LogP) is 1.92. The summed E-state index contributed by atoms with van der Waals surface area (Å²) in [5.41, 5.74) is 0. The van der Waals surface area contributed by atoms with Gasteiger partial charge >= 0.3 is 11.9 Å². The molecule has 92 valence electrons. The van der Waals surface area contributed by atoms with Crippen LogP contribution in [0.5, 0.6) is 0 Å². The summed E-state index contributed by atoms with van der Waals surface area (Å²) in [6, 6.07) is 0. The molecule has 0 spiro atoms. The Morgan fingerprint density at radius 1 is 0.938 bits per heavy atom. The number of hydrogen-bond donors (Lipinski definition) is 0. The molecule has 0 bridgehead atoms. The molecular weight excluding hydrogens is 208 g/mol. The fourth-order valence-corrected chi connectivity index (χ4v) is 2.19. The van der Waals surface area contributed by atoms with Crippen molar-refractivity contribution in [2.75, 3.05) is 13.2 Å². The molecule has 2 atom stereocenters. The molecule has 1 aliphatic carbocycles. The van der Waals surface area contributed by atoms with Gasteiger partial charge < -0.3 is 9.47 Å². The van der Waals surface area contributed by atoms with Crippen molar-refractivity contribution in [3.8, 4) is 0 Å². The normalized spacial score (nSPS) is 24.9. The molecule has 0 aromatic heterocycles. The molecule has 16 heavy (non-hydrogen) atoms. The zero-order valence-electron chi connectivity index (χ0n) is 10.0. The lowest BCUT2D eigenvalue weighted by Gasteiger charge is -2.27. The van der Waals surface area contributed by atoms with E-state index in [1.165, 1.54) is 0 Å². The number of hydrogen-bond acceptors (Lipinski definition) is 4. The largest absolute Gasteiger partial charge is 0.466 e. The van der Waals surface area contributed by atoms with Crippen LogP contribution in [0.2, 0.25) is 0 Å². The van der Waals surface area contributed by atoms with E-state index in [2.05, 4.69) is 0 Å². The minimum atomic E-state index is -0.298. The number of carbonyl (C=O) groups excluding carboxylic acids is 2. The Morgan fingerprint density at radius 3 is 1.62 bits per heavy atom. The SMILES string of the molecule is CCOC(=O)[C@@H]1CCCC[C@H]1C(=O)OCC. The van der Waals surface area contributed by atoms with Gasteiger partial charge in [-0.05, 0) is 26.7 Å². The van der Waals surface area contributed by atoms with Crippen LogP contribution >= 0.6 is 0 Å². The topological polar surface area (TPSA) is 52.6 Å². The summed E-state index contributed by atoms with van der Waals surface area (Å²) in [4.78, 5) is 23.4. The van der Waals surface area contributed by atoms with E-state index >= 15 is 0 Å².